The molecule has 29 heavy (non-hydrogen) atoms. The second kappa shape index (κ2) is 7.13. The molecule has 0 spiro atoms. The number of nitrogens with zero attached hydrogens (tertiary/aromatic N) is 4. The molecule has 1 atom stereocenters. The molecule has 5 rings (SSSR count). The van der Waals surface area contributed by atoms with Crippen LogP contribution < -0.4 is 0 Å². The summed E-state index contributed by atoms with van der Waals surface area (Å²) in [5.41, 5.74) is 3.20. The molecule has 0 unspecified atom stereocenters. The van der Waals surface area contributed by atoms with Crippen molar-refractivity contribution in [2.45, 2.75) is 18.2 Å². The average molecular weight is 408 g/mol. The van der Waals surface area contributed by atoms with Gasteiger partial charge in [-0.25, -0.2) is 18.4 Å². The Bertz CT molecular complexity index is 1230. The molecule has 1 aromatic carbocycles. The molecule has 4 aromatic rings. The van der Waals surface area contributed by atoms with Crippen molar-refractivity contribution in [1.29, 1.82) is 0 Å². The first kappa shape index (κ1) is 18.1. The molecule has 0 saturated carbocycles. The van der Waals surface area contributed by atoms with Crippen LogP contribution in [0.3, 0.4) is 0 Å². The van der Waals surface area contributed by atoms with Crippen molar-refractivity contribution in [3.05, 3.63) is 72.8 Å². The molecule has 8 heteroatoms. The maximum absolute atomic E-state index is 13.0. The van der Waals surface area contributed by atoms with Crippen LogP contribution in [0.25, 0.3) is 22.6 Å². The molecular formula is C21H20N4O3S. The summed E-state index contributed by atoms with van der Waals surface area (Å²) in [4.78, 5) is 9.24. The van der Waals surface area contributed by atoms with Crippen LogP contribution in [0.5, 0.6) is 0 Å². The zero-order valence-electron chi connectivity index (χ0n) is 15.7. The molecule has 0 N–H and O–H groups in total. The van der Waals surface area contributed by atoms with Crippen molar-refractivity contribution >= 4 is 21.2 Å². The van der Waals surface area contributed by atoms with Gasteiger partial charge in [0.05, 0.1) is 23.6 Å². The van der Waals surface area contributed by atoms with E-state index < -0.39 is 10.0 Å². The molecule has 0 aliphatic carbocycles. The van der Waals surface area contributed by atoms with Crippen molar-refractivity contribution in [2.24, 2.45) is 0 Å². The quantitative estimate of drug-likeness (QED) is 0.505. The lowest BCUT2D eigenvalue weighted by Crippen LogP contribution is -2.30. The van der Waals surface area contributed by atoms with Gasteiger partial charge < -0.3 is 8.98 Å². The van der Waals surface area contributed by atoms with Gasteiger partial charge in [0, 0.05) is 19.3 Å². The molecule has 7 nitrogen and oxygen atoms in total. The van der Waals surface area contributed by atoms with E-state index in [-0.39, 0.29) is 11.8 Å². The van der Waals surface area contributed by atoms with E-state index >= 15 is 0 Å². The number of hydrogen-bond donors (Lipinski definition) is 0. The highest BCUT2D eigenvalue weighted by atomic mass is 32.2. The van der Waals surface area contributed by atoms with E-state index in [1.54, 1.807) is 23.0 Å². The molecule has 0 bridgehead atoms. The summed E-state index contributed by atoms with van der Waals surface area (Å²) in [7, 11) is -3.40. The first-order valence-corrected chi connectivity index (χ1v) is 11.1. The molecule has 1 saturated heterocycles. The van der Waals surface area contributed by atoms with Gasteiger partial charge >= 0.3 is 0 Å². The Hall–Kier alpha value is -2.97. The van der Waals surface area contributed by atoms with Gasteiger partial charge in [-0.15, -0.1) is 0 Å². The molecule has 1 aliphatic rings. The first-order valence-electron chi connectivity index (χ1n) is 9.49. The van der Waals surface area contributed by atoms with Crippen LogP contribution >= 0.6 is 0 Å². The highest BCUT2D eigenvalue weighted by Crippen LogP contribution is 2.33. The number of benzene rings is 1. The Labute approximate surface area is 168 Å². The summed E-state index contributed by atoms with van der Waals surface area (Å²) in [6.07, 6.45) is 5.70. The topological polar surface area (TPSA) is 81.2 Å². The molecule has 1 aliphatic heterocycles. The molecule has 148 valence electrons. The van der Waals surface area contributed by atoms with Crippen molar-refractivity contribution < 1.29 is 12.8 Å². The summed E-state index contributed by atoms with van der Waals surface area (Å²) in [5.74, 6) is 0.762. The van der Waals surface area contributed by atoms with E-state index in [2.05, 4.69) is 9.55 Å². The summed E-state index contributed by atoms with van der Waals surface area (Å²) < 4.78 is 34.8. The first-order chi connectivity index (χ1) is 14.1. The Kier molecular flexibility index (Phi) is 4.44. The number of furan rings is 1. The Morgan fingerprint density at radius 2 is 1.97 bits per heavy atom. The van der Waals surface area contributed by atoms with Crippen molar-refractivity contribution in [3.63, 3.8) is 0 Å². The number of sulfonamides is 1. The summed E-state index contributed by atoms with van der Waals surface area (Å²) in [5, 5.41) is 0. The maximum Gasteiger partial charge on any atom is 0.218 e. The molecule has 3 aromatic heterocycles. The average Bonchev–Trinajstić information content (AvgIpc) is 3.46. The van der Waals surface area contributed by atoms with Crippen LogP contribution in [-0.2, 0) is 15.8 Å². The van der Waals surface area contributed by atoms with Gasteiger partial charge in [0.15, 0.2) is 5.65 Å². The highest BCUT2D eigenvalue weighted by Gasteiger charge is 2.34. The van der Waals surface area contributed by atoms with Crippen LogP contribution in [0.2, 0.25) is 0 Å². The van der Waals surface area contributed by atoms with Crippen LogP contribution in [-0.4, -0.2) is 40.3 Å². The summed E-state index contributed by atoms with van der Waals surface area (Å²) in [6.45, 7) is 0.888. The van der Waals surface area contributed by atoms with Gasteiger partial charge in [-0.05, 0) is 30.2 Å². The number of aromatic nitrogens is 3. The minimum atomic E-state index is -3.40. The zero-order valence-corrected chi connectivity index (χ0v) is 16.5. The van der Waals surface area contributed by atoms with Crippen molar-refractivity contribution in [2.75, 3.05) is 13.1 Å². The Morgan fingerprint density at radius 3 is 2.76 bits per heavy atom. The third-order valence-electron chi connectivity index (χ3n) is 5.30. The van der Waals surface area contributed by atoms with Gasteiger partial charge in [0.1, 0.15) is 17.6 Å². The number of hydrogen-bond acceptors (Lipinski definition) is 5. The standard InChI is InChI=1S/C21H20N4O3S/c26-29(27,15-16-5-2-1-3-6-16)24-11-8-18(13-24)25-20(17-9-12-28-14-17)23-19-7-4-10-22-21(19)25/h1-7,9-10,12,14,18H,8,11,13,15H2/t18-/m1/s1. The lowest BCUT2D eigenvalue weighted by molar-refractivity contribution is 0.454. The van der Waals surface area contributed by atoms with Crippen molar-refractivity contribution in [1.82, 2.24) is 18.8 Å². The van der Waals surface area contributed by atoms with E-state index in [0.29, 0.717) is 19.5 Å². The fourth-order valence-corrected chi connectivity index (χ4v) is 5.50. The Balaban J connectivity index is 1.47. The molecule has 1 fully saturated rings. The summed E-state index contributed by atoms with van der Waals surface area (Å²) in [6, 6.07) is 14.9. The third kappa shape index (κ3) is 3.34. The highest BCUT2D eigenvalue weighted by molar-refractivity contribution is 7.88. The molecule has 0 amide bonds. The van der Waals surface area contributed by atoms with E-state index in [4.69, 9.17) is 9.40 Å². The normalized spacial score (nSPS) is 17.9. The van der Waals surface area contributed by atoms with E-state index in [1.807, 2.05) is 48.5 Å². The minimum absolute atomic E-state index is 0.0120. The van der Waals surface area contributed by atoms with Crippen molar-refractivity contribution in [3.8, 4) is 11.4 Å². The van der Waals surface area contributed by atoms with Crippen LogP contribution in [0.1, 0.15) is 18.0 Å². The number of imidazole rings is 1. The predicted molar refractivity (Wildman–Crippen MR) is 110 cm³/mol. The second-order valence-corrected chi connectivity index (χ2v) is 9.17. The number of fused-ring (bicyclic) bond motifs is 1. The van der Waals surface area contributed by atoms with Crippen LogP contribution in [0, 0.1) is 0 Å². The van der Waals surface area contributed by atoms with Crippen LogP contribution in [0.15, 0.2) is 71.7 Å². The van der Waals surface area contributed by atoms with E-state index in [9.17, 15) is 8.42 Å². The number of rotatable bonds is 5. The van der Waals surface area contributed by atoms with Gasteiger partial charge in [-0.3, -0.25) is 0 Å². The predicted octanol–water partition coefficient (Wildman–Crippen LogP) is 3.47. The van der Waals surface area contributed by atoms with E-state index in [1.165, 1.54) is 0 Å². The minimum Gasteiger partial charge on any atom is -0.472 e. The molecular weight excluding hydrogens is 388 g/mol. The van der Waals surface area contributed by atoms with Gasteiger partial charge in [-0.1, -0.05) is 30.3 Å². The largest absolute Gasteiger partial charge is 0.472 e. The fraction of sp³-hybridized carbons (Fsp3) is 0.238. The maximum atomic E-state index is 13.0. The Morgan fingerprint density at radius 1 is 1.10 bits per heavy atom. The monoisotopic (exact) mass is 408 g/mol. The molecule has 4 heterocycles. The lowest BCUT2D eigenvalue weighted by atomic mass is 10.2. The van der Waals surface area contributed by atoms with Crippen LogP contribution in [0.4, 0.5) is 0 Å². The number of pyridine rings is 1. The summed E-state index contributed by atoms with van der Waals surface area (Å²) >= 11 is 0. The lowest BCUT2D eigenvalue weighted by Gasteiger charge is -2.18. The second-order valence-electron chi connectivity index (χ2n) is 7.21. The zero-order chi connectivity index (χ0) is 19.8. The van der Waals surface area contributed by atoms with Gasteiger partial charge in [-0.2, -0.15) is 4.31 Å². The van der Waals surface area contributed by atoms with E-state index in [0.717, 1.165) is 28.1 Å². The SMILES string of the molecule is O=S(=O)(Cc1ccccc1)N1CC[C@@H](n2c(-c3ccoc3)nc3cccnc32)C1. The molecule has 0 radical (unpaired) electrons. The smallest absolute Gasteiger partial charge is 0.218 e. The van der Waals surface area contributed by atoms with Gasteiger partial charge in [0.2, 0.25) is 10.0 Å². The fourth-order valence-electron chi connectivity index (χ4n) is 3.92. The third-order valence-corrected chi connectivity index (χ3v) is 7.12. The van der Waals surface area contributed by atoms with Gasteiger partial charge in [0.25, 0.3) is 0 Å².